The van der Waals surface area contributed by atoms with Crippen molar-refractivity contribution in [3.05, 3.63) is 51.8 Å². The number of carbonyl (C=O) groups is 1. The Labute approximate surface area is 104 Å². The molecule has 1 heterocycles. The molecule has 0 radical (unpaired) electrons. The summed E-state index contributed by atoms with van der Waals surface area (Å²) in [6, 6.07) is 4.90. The third kappa shape index (κ3) is 2.11. The van der Waals surface area contributed by atoms with Gasteiger partial charge in [-0.1, -0.05) is 12.1 Å². The maximum absolute atomic E-state index is 11.4. The average molecular weight is 247 g/mol. The number of hydrogen-bond donors (Lipinski definition) is 0. The van der Waals surface area contributed by atoms with Crippen molar-refractivity contribution < 1.29 is 14.5 Å². The lowest BCUT2D eigenvalue weighted by Gasteiger charge is -2.31. The maximum atomic E-state index is 11.4. The highest BCUT2D eigenvalue weighted by Crippen LogP contribution is 2.35. The fourth-order valence-corrected chi connectivity index (χ4v) is 2.00. The molecule has 18 heavy (non-hydrogen) atoms. The number of aryl methyl sites for hydroxylation is 1. The summed E-state index contributed by atoms with van der Waals surface area (Å²) in [4.78, 5) is 21.9. The molecule has 1 aliphatic heterocycles. The van der Waals surface area contributed by atoms with Crippen LogP contribution < -0.4 is 0 Å². The van der Waals surface area contributed by atoms with Gasteiger partial charge in [-0.3, -0.25) is 14.9 Å². The normalized spacial score (nSPS) is 22.7. The molecule has 0 aliphatic carbocycles. The van der Waals surface area contributed by atoms with E-state index in [2.05, 4.69) is 0 Å². The lowest BCUT2D eigenvalue weighted by Crippen LogP contribution is -2.29. The molecule has 1 aromatic carbocycles. The first-order chi connectivity index (χ1) is 8.42. The Balaban J connectivity index is 2.45. The highest BCUT2D eigenvalue weighted by molar-refractivity contribution is 5.91. The molecule has 0 fully saturated rings. The van der Waals surface area contributed by atoms with Gasteiger partial charge in [-0.2, -0.15) is 0 Å². The van der Waals surface area contributed by atoms with Crippen LogP contribution in [0, 0.1) is 17.0 Å². The first kappa shape index (κ1) is 12.3. The number of nitrogens with zero attached hydrogens (tertiary/aromatic N) is 1. The second-order valence-corrected chi connectivity index (χ2v) is 4.55. The maximum Gasteiger partial charge on any atom is 0.272 e. The van der Waals surface area contributed by atoms with Crippen molar-refractivity contribution in [3.63, 3.8) is 0 Å². The number of ketones is 1. The van der Waals surface area contributed by atoms with Gasteiger partial charge in [0.25, 0.3) is 5.69 Å². The van der Waals surface area contributed by atoms with E-state index in [1.165, 1.54) is 18.4 Å². The Hall–Kier alpha value is -2.17. The van der Waals surface area contributed by atoms with Crippen molar-refractivity contribution in [3.8, 4) is 0 Å². The van der Waals surface area contributed by atoms with Crippen LogP contribution in [0.3, 0.4) is 0 Å². The van der Waals surface area contributed by atoms with Crippen LogP contribution in [-0.4, -0.2) is 10.7 Å². The number of hydrogen-bond acceptors (Lipinski definition) is 4. The average Bonchev–Trinajstić information content (AvgIpc) is 2.28. The molecule has 5 heteroatoms. The van der Waals surface area contributed by atoms with Gasteiger partial charge in [0.15, 0.2) is 5.78 Å². The summed E-state index contributed by atoms with van der Waals surface area (Å²) >= 11 is 0. The molecule has 1 aromatic rings. The summed E-state index contributed by atoms with van der Waals surface area (Å²) in [5, 5.41) is 10.9. The van der Waals surface area contributed by atoms with Crippen LogP contribution in [0.5, 0.6) is 0 Å². The molecule has 94 valence electrons. The van der Waals surface area contributed by atoms with Crippen LogP contribution in [0.2, 0.25) is 0 Å². The molecule has 0 amide bonds. The number of nitro benzene ring substituents is 1. The van der Waals surface area contributed by atoms with Crippen LogP contribution in [0.4, 0.5) is 5.69 Å². The molecule has 0 saturated heterocycles. The SMILES string of the molecule is Cc1ccc(C2(C)CC(=O)C=CO2)cc1[N+](=O)[O-]. The predicted molar refractivity (Wildman–Crippen MR) is 65.0 cm³/mol. The van der Waals surface area contributed by atoms with Crippen LogP contribution in [-0.2, 0) is 15.1 Å². The van der Waals surface area contributed by atoms with Crippen LogP contribution in [0.1, 0.15) is 24.5 Å². The molecule has 0 saturated carbocycles. The molecule has 0 bridgehead atoms. The van der Waals surface area contributed by atoms with E-state index in [9.17, 15) is 14.9 Å². The highest BCUT2D eigenvalue weighted by Gasteiger charge is 2.33. The Kier molecular flexibility index (Phi) is 2.90. The van der Waals surface area contributed by atoms with Gasteiger partial charge in [-0.15, -0.1) is 0 Å². The van der Waals surface area contributed by atoms with Crippen molar-refractivity contribution in [2.75, 3.05) is 0 Å². The fraction of sp³-hybridized carbons (Fsp3) is 0.308. The number of ether oxygens (including phenoxy) is 1. The molecule has 0 aromatic heterocycles. The summed E-state index contributed by atoms with van der Waals surface area (Å²) in [5.74, 6) is -0.0491. The summed E-state index contributed by atoms with van der Waals surface area (Å²) in [6.45, 7) is 3.43. The quantitative estimate of drug-likeness (QED) is 0.595. The number of benzene rings is 1. The zero-order chi connectivity index (χ0) is 13.3. The van der Waals surface area contributed by atoms with E-state index in [0.29, 0.717) is 11.1 Å². The minimum atomic E-state index is -0.829. The lowest BCUT2D eigenvalue weighted by atomic mass is 9.88. The lowest BCUT2D eigenvalue weighted by molar-refractivity contribution is -0.385. The third-order valence-corrected chi connectivity index (χ3v) is 3.11. The largest absolute Gasteiger partial charge is 0.490 e. The van der Waals surface area contributed by atoms with E-state index in [1.807, 2.05) is 0 Å². The van der Waals surface area contributed by atoms with Gasteiger partial charge in [0.2, 0.25) is 0 Å². The highest BCUT2D eigenvalue weighted by atomic mass is 16.6. The molecule has 5 nitrogen and oxygen atoms in total. The van der Waals surface area contributed by atoms with Crippen molar-refractivity contribution in [2.45, 2.75) is 25.9 Å². The van der Waals surface area contributed by atoms with Gasteiger partial charge in [0, 0.05) is 23.3 Å². The van der Waals surface area contributed by atoms with E-state index in [0.717, 1.165) is 0 Å². The molecule has 0 N–H and O–H groups in total. The number of rotatable bonds is 2. The minimum Gasteiger partial charge on any atom is -0.490 e. The Morgan fingerprint density at radius 1 is 1.44 bits per heavy atom. The molecular weight excluding hydrogens is 234 g/mol. The summed E-state index contributed by atoms with van der Waals surface area (Å²) in [5.41, 5.74) is 0.437. The van der Waals surface area contributed by atoms with E-state index >= 15 is 0 Å². The van der Waals surface area contributed by atoms with Gasteiger partial charge in [-0.25, -0.2) is 0 Å². The molecule has 1 unspecified atom stereocenters. The Morgan fingerprint density at radius 3 is 2.78 bits per heavy atom. The molecule has 0 spiro atoms. The summed E-state index contributed by atoms with van der Waals surface area (Å²) < 4.78 is 5.47. The predicted octanol–water partition coefficient (Wildman–Crippen LogP) is 2.62. The zero-order valence-corrected chi connectivity index (χ0v) is 10.2. The van der Waals surface area contributed by atoms with Crippen molar-refractivity contribution in [1.29, 1.82) is 0 Å². The van der Waals surface area contributed by atoms with E-state index in [-0.39, 0.29) is 17.9 Å². The Bertz CT molecular complexity index is 550. The standard InChI is InChI=1S/C13H13NO4/c1-9-3-4-10(7-12(9)14(16)17)13(2)8-11(15)5-6-18-13/h3-7H,8H2,1-2H3. The number of carbonyl (C=O) groups excluding carboxylic acids is 1. The van der Waals surface area contributed by atoms with Crippen molar-refractivity contribution in [1.82, 2.24) is 0 Å². The topological polar surface area (TPSA) is 69.4 Å². The molecular formula is C13H13NO4. The molecule has 1 atom stereocenters. The monoisotopic (exact) mass is 247 g/mol. The van der Waals surface area contributed by atoms with Crippen molar-refractivity contribution in [2.24, 2.45) is 0 Å². The van der Waals surface area contributed by atoms with Gasteiger partial charge < -0.3 is 4.74 Å². The van der Waals surface area contributed by atoms with E-state index in [4.69, 9.17) is 4.74 Å². The van der Waals surface area contributed by atoms with E-state index in [1.54, 1.807) is 26.0 Å². The fourth-order valence-electron chi connectivity index (χ4n) is 2.00. The second-order valence-electron chi connectivity index (χ2n) is 4.55. The minimum absolute atomic E-state index is 0.0410. The summed E-state index contributed by atoms with van der Waals surface area (Å²) in [6.07, 6.45) is 2.89. The Morgan fingerprint density at radius 2 is 2.17 bits per heavy atom. The first-order valence-electron chi connectivity index (χ1n) is 5.55. The number of allylic oxidation sites excluding steroid dienone is 1. The van der Waals surface area contributed by atoms with Crippen molar-refractivity contribution >= 4 is 11.5 Å². The smallest absolute Gasteiger partial charge is 0.272 e. The third-order valence-electron chi connectivity index (χ3n) is 3.11. The van der Waals surface area contributed by atoms with Crippen LogP contribution in [0.15, 0.2) is 30.5 Å². The van der Waals surface area contributed by atoms with Gasteiger partial charge in [-0.05, 0) is 13.8 Å². The van der Waals surface area contributed by atoms with Gasteiger partial charge in [0.05, 0.1) is 17.6 Å². The van der Waals surface area contributed by atoms with Crippen LogP contribution >= 0.6 is 0 Å². The van der Waals surface area contributed by atoms with Gasteiger partial charge in [0.1, 0.15) is 5.60 Å². The first-order valence-corrected chi connectivity index (χ1v) is 5.55. The summed E-state index contributed by atoms with van der Waals surface area (Å²) in [7, 11) is 0. The molecule has 1 aliphatic rings. The van der Waals surface area contributed by atoms with Gasteiger partial charge >= 0.3 is 0 Å². The molecule has 2 rings (SSSR count). The number of nitro groups is 1. The second kappa shape index (κ2) is 4.25. The van der Waals surface area contributed by atoms with E-state index < -0.39 is 10.5 Å². The van der Waals surface area contributed by atoms with Crippen LogP contribution in [0.25, 0.3) is 0 Å². The zero-order valence-electron chi connectivity index (χ0n) is 10.2.